The van der Waals surface area contributed by atoms with Crippen LogP contribution in [0, 0.1) is 17.3 Å². The highest BCUT2D eigenvalue weighted by atomic mass is 16.5. The van der Waals surface area contributed by atoms with E-state index in [4.69, 9.17) is 9.47 Å². The zero-order chi connectivity index (χ0) is 20.9. The van der Waals surface area contributed by atoms with E-state index in [0.29, 0.717) is 17.8 Å². The fourth-order valence-corrected chi connectivity index (χ4v) is 6.86. The second kappa shape index (κ2) is 7.33. The smallest absolute Gasteiger partial charge is 0.302 e. The van der Waals surface area contributed by atoms with Gasteiger partial charge in [-0.1, -0.05) is 13.0 Å². The van der Waals surface area contributed by atoms with Crippen molar-refractivity contribution in [1.29, 1.82) is 0 Å². The van der Waals surface area contributed by atoms with E-state index < -0.39 is 0 Å². The Hall–Kier alpha value is -2.04. The molecule has 29 heavy (non-hydrogen) atoms. The molecule has 5 heteroatoms. The van der Waals surface area contributed by atoms with Gasteiger partial charge in [0.05, 0.1) is 13.2 Å². The Morgan fingerprint density at radius 1 is 1.21 bits per heavy atom. The lowest BCUT2D eigenvalue weighted by atomic mass is 9.55. The molecule has 6 atom stereocenters. The number of carbonyl (C=O) groups is 2. The largest absolute Gasteiger partial charge is 0.497 e. The zero-order valence-electron chi connectivity index (χ0n) is 18.2. The van der Waals surface area contributed by atoms with Crippen LogP contribution >= 0.6 is 0 Å². The number of aryl methyl sites for hydroxylation is 1. The van der Waals surface area contributed by atoms with Crippen LogP contribution in [-0.2, 0) is 20.7 Å². The van der Waals surface area contributed by atoms with Gasteiger partial charge in [0.15, 0.2) is 0 Å². The number of likely N-dealkylation sites (N-methyl/N-ethyl adjacent to an activating group) is 1. The number of methoxy groups -OCH3 is 1. The first-order valence-electron chi connectivity index (χ1n) is 10.8. The van der Waals surface area contributed by atoms with E-state index in [1.807, 2.05) is 11.9 Å². The van der Waals surface area contributed by atoms with E-state index in [1.165, 1.54) is 18.1 Å². The lowest BCUT2D eigenvalue weighted by Crippen LogP contribution is -2.53. The molecule has 2 fully saturated rings. The molecular formula is C24H33NO4. The molecule has 2 saturated carbocycles. The Kier molecular flexibility index (Phi) is 5.12. The predicted molar refractivity (Wildman–Crippen MR) is 111 cm³/mol. The van der Waals surface area contributed by atoms with Gasteiger partial charge in [-0.25, -0.2) is 0 Å². The first-order chi connectivity index (χ1) is 13.8. The van der Waals surface area contributed by atoms with Crippen LogP contribution < -0.4 is 4.74 Å². The van der Waals surface area contributed by atoms with Crippen LogP contribution in [0.25, 0.3) is 0 Å². The Morgan fingerprint density at radius 2 is 1.97 bits per heavy atom. The molecule has 0 aliphatic heterocycles. The topological polar surface area (TPSA) is 55.8 Å². The summed E-state index contributed by atoms with van der Waals surface area (Å²) < 4.78 is 11.2. The number of hydrogen-bond donors (Lipinski definition) is 0. The van der Waals surface area contributed by atoms with Crippen molar-refractivity contribution in [1.82, 2.24) is 4.90 Å². The number of amides is 1. The SMILES string of the molecule is COc1ccc2c(c1)CC[C@@H]1[C@@H]2CC[C@]2(C)[C@@H](N(C)C(C)=O)[C@H](OC(C)=O)C[C@@H]12. The lowest BCUT2D eigenvalue weighted by molar-refractivity contribution is -0.153. The number of carbonyl (C=O) groups excluding carboxylic acids is 2. The molecular weight excluding hydrogens is 366 g/mol. The van der Waals surface area contributed by atoms with Gasteiger partial charge in [0, 0.05) is 20.9 Å². The van der Waals surface area contributed by atoms with Gasteiger partial charge in [0.2, 0.25) is 5.91 Å². The third-order valence-electron chi connectivity index (χ3n) is 8.12. The number of esters is 1. The molecule has 0 spiro atoms. The monoisotopic (exact) mass is 399 g/mol. The molecule has 1 aromatic rings. The summed E-state index contributed by atoms with van der Waals surface area (Å²) in [6, 6.07) is 6.48. The van der Waals surface area contributed by atoms with Gasteiger partial charge in [-0.05, 0) is 78.5 Å². The zero-order valence-corrected chi connectivity index (χ0v) is 18.2. The van der Waals surface area contributed by atoms with Gasteiger partial charge in [-0.2, -0.15) is 0 Å². The van der Waals surface area contributed by atoms with E-state index in [1.54, 1.807) is 14.0 Å². The van der Waals surface area contributed by atoms with Gasteiger partial charge >= 0.3 is 5.97 Å². The molecule has 3 aliphatic rings. The summed E-state index contributed by atoms with van der Waals surface area (Å²) in [7, 11) is 3.59. The molecule has 5 nitrogen and oxygen atoms in total. The van der Waals surface area contributed by atoms with Crippen molar-refractivity contribution in [3.05, 3.63) is 29.3 Å². The van der Waals surface area contributed by atoms with Crippen molar-refractivity contribution >= 4 is 11.9 Å². The summed E-state index contributed by atoms with van der Waals surface area (Å²) in [5, 5.41) is 0. The Labute approximate surface area is 173 Å². The quantitative estimate of drug-likeness (QED) is 0.723. The number of hydrogen-bond acceptors (Lipinski definition) is 4. The maximum Gasteiger partial charge on any atom is 0.302 e. The maximum absolute atomic E-state index is 12.3. The van der Waals surface area contributed by atoms with Crippen LogP contribution in [0.4, 0.5) is 0 Å². The molecule has 0 saturated heterocycles. The van der Waals surface area contributed by atoms with Crippen molar-refractivity contribution in [2.75, 3.05) is 14.2 Å². The molecule has 0 N–H and O–H groups in total. The number of ether oxygens (including phenoxy) is 2. The summed E-state index contributed by atoms with van der Waals surface area (Å²) in [6.07, 6.45) is 5.01. The van der Waals surface area contributed by atoms with Gasteiger partial charge in [-0.3, -0.25) is 9.59 Å². The minimum Gasteiger partial charge on any atom is -0.497 e. The second-order valence-corrected chi connectivity index (χ2v) is 9.48. The van der Waals surface area contributed by atoms with Gasteiger partial charge in [-0.15, -0.1) is 0 Å². The summed E-state index contributed by atoms with van der Waals surface area (Å²) in [6.45, 7) is 5.41. The highest BCUT2D eigenvalue weighted by Gasteiger charge is 2.60. The van der Waals surface area contributed by atoms with Gasteiger partial charge in [0.1, 0.15) is 11.9 Å². The van der Waals surface area contributed by atoms with Crippen molar-refractivity contribution in [2.45, 2.75) is 70.9 Å². The van der Waals surface area contributed by atoms with Crippen molar-refractivity contribution < 1.29 is 19.1 Å². The average Bonchev–Trinajstić information content (AvgIpc) is 2.97. The predicted octanol–water partition coefficient (Wildman–Crippen LogP) is 3.94. The minimum atomic E-state index is -0.253. The van der Waals surface area contributed by atoms with E-state index in [9.17, 15) is 9.59 Å². The molecule has 1 amide bonds. The first-order valence-corrected chi connectivity index (χ1v) is 10.8. The fourth-order valence-electron chi connectivity index (χ4n) is 6.86. The summed E-state index contributed by atoms with van der Waals surface area (Å²) in [4.78, 5) is 25.9. The summed E-state index contributed by atoms with van der Waals surface area (Å²) >= 11 is 0. The standard InChI is InChI=1S/C24H33NO4/c1-14(26)25(4)23-22(29-15(2)27)13-21-20-8-6-16-12-17(28-5)7-9-18(16)19(20)10-11-24(21,23)3/h7,9,12,19-23H,6,8,10-11,13H2,1-5H3/t19-,20-,21+,22-,23+,24+/m1/s1. The van der Waals surface area contributed by atoms with Crippen LogP contribution in [0.2, 0.25) is 0 Å². The third-order valence-corrected chi connectivity index (χ3v) is 8.12. The third kappa shape index (κ3) is 3.23. The molecule has 1 aromatic carbocycles. The highest BCUT2D eigenvalue weighted by molar-refractivity contribution is 5.73. The Morgan fingerprint density at radius 3 is 2.62 bits per heavy atom. The Balaban J connectivity index is 1.68. The molecule has 3 aliphatic carbocycles. The second-order valence-electron chi connectivity index (χ2n) is 9.48. The number of nitrogens with zero attached hydrogens (tertiary/aromatic N) is 1. The minimum absolute atomic E-state index is 0.0221. The highest BCUT2D eigenvalue weighted by Crippen LogP contribution is 2.62. The van der Waals surface area contributed by atoms with Gasteiger partial charge in [0.25, 0.3) is 0 Å². The molecule has 0 aromatic heterocycles. The van der Waals surface area contributed by atoms with E-state index in [2.05, 4.69) is 25.1 Å². The van der Waals surface area contributed by atoms with Crippen LogP contribution in [-0.4, -0.2) is 43.1 Å². The van der Waals surface area contributed by atoms with Crippen molar-refractivity contribution in [3.63, 3.8) is 0 Å². The van der Waals surface area contributed by atoms with E-state index in [-0.39, 0.29) is 29.4 Å². The number of fused-ring (bicyclic) bond motifs is 5. The van der Waals surface area contributed by atoms with Gasteiger partial charge < -0.3 is 14.4 Å². The van der Waals surface area contributed by atoms with Crippen LogP contribution in [0.1, 0.15) is 63.5 Å². The van der Waals surface area contributed by atoms with Crippen molar-refractivity contribution in [2.24, 2.45) is 17.3 Å². The maximum atomic E-state index is 12.3. The van der Waals surface area contributed by atoms with Crippen LogP contribution in [0.5, 0.6) is 5.75 Å². The average molecular weight is 400 g/mol. The van der Waals surface area contributed by atoms with E-state index >= 15 is 0 Å². The number of benzene rings is 1. The molecule has 4 rings (SSSR count). The Bertz CT molecular complexity index is 821. The van der Waals surface area contributed by atoms with Crippen molar-refractivity contribution in [3.8, 4) is 5.75 Å². The van der Waals surface area contributed by atoms with E-state index in [0.717, 1.165) is 37.9 Å². The fraction of sp³-hybridized carbons (Fsp3) is 0.667. The lowest BCUT2D eigenvalue weighted by Gasteiger charge is -2.52. The molecule has 0 radical (unpaired) electrons. The van der Waals surface area contributed by atoms with Crippen LogP contribution in [0.3, 0.4) is 0 Å². The normalized spacial score (nSPS) is 35.1. The summed E-state index contributed by atoms with van der Waals surface area (Å²) in [5.41, 5.74) is 2.86. The first kappa shape index (κ1) is 20.2. The summed E-state index contributed by atoms with van der Waals surface area (Å²) in [5.74, 6) is 2.28. The van der Waals surface area contributed by atoms with Crippen LogP contribution in [0.15, 0.2) is 18.2 Å². The molecule has 0 unspecified atom stereocenters. The number of rotatable bonds is 3. The molecule has 158 valence electrons. The molecule has 0 heterocycles. The molecule has 0 bridgehead atoms.